The summed E-state index contributed by atoms with van der Waals surface area (Å²) in [5, 5.41) is 12.6. The fraction of sp³-hybridized carbons (Fsp3) is 0.308. The predicted molar refractivity (Wildman–Crippen MR) is 72.8 cm³/mol. The molecule has 18 heavy (non-hydrogen) atoms. The Morgan fingerprint density at radius 2 is 2.28 bits per heavy atom. The van der Waals surface area contributed by atoms with E-state index in [2.05, 4.69) is 31.7 Å². The van der Waals surface area contributed by atoms with Gasteiger partial charge in [0.25, 0.3) is 0 Å². The maximum Gasteiger partial charge on any atom is 0.115 e. The van der Waals surface area contributed by atoms with Crippen LogP contribution in [0.2, 0.25) is 0 Å². The van der Waals surface area contributed by atoms with Crippen LogP contribution in [0.5, 0.6) is 0 Å². The van der Waals surface area contributed by atoms with Gasteiger partial charge in [0.2, 0.25) is 0 Å². The summed E-state index contributed by atoms with van der Waals surface area (Å²) in [5.74, 6) is 0.975. The Morgan fingerprint density at radius 1 is 1.50 bits per heavy atom. The van der Waals surface area contributed by atoms with E-state index in [1.807, 2.05) is 25.3 Å². The van der Waals surface area contributed by atoms with Gasteiger partial charge in [-0.1, -0.05) is 0 Å². The molecule has 1 aliphatic heterocycles. The quantitative estimate of drug-likeness (QED) is 0.928. The average molecular weight is 306 g/mol. The molecule has 0 spiro atoms. The van der Waals surface area contributed by atoms with E-state index in [0.717, 1.165) is 34.6 Å². The second-order valence-corrected chi connectivity index (χ2v) is 5.39. The van der Waals surface area contributed by atoms with Gasteiger partial charge >= 0.3 is 0 Å². The van der Waals surface area contributed by atoms with Crippen molar-refractivity contribution in [3.8, 4) is 6.07 Å². The van der Waals surface area contributed by atoms with Gasteiger partial charge in [-0.15, -0.1) is 0 Å². The molecule has 0 unspecified atom stereocenters. The number of nitrogens with zero attached hydrogens (tertiary/aromatic N) is 2. The molecule has 2 aromatic rings. The SMILES string of the molecule is Cc1c(C#N)cc2cc(Br)cn2c1NC1COC1. The van der Waals surface area contributed by atoms with Gasteiger partial charge in [-0.05, 0) is 35.0 Å². The number of halogens is 1. The Balaban J connectivity index is 2.17. The first kappa shape index (κ1) is 11.6. The lowest BCUT2D eigenvalue weighted by Crippen LogP contribution is -2.41. The van der Waals surface area contributed by atoms with Gasteiger partial charge in [0.05, 0.1) is 30.9 Å². The number of hydrogen-bond donors (Lipinski definition) is 1. The largest absolute Gasteiger partial charge is 0.377 e. The van der Waals surface area contributed by atoms with Crippen molar-refractivity contribution < 1.29 is 4.74 Å². The van der Waals surface area contributed by atoms with Crippen LogP contribution in [-0.4, -0.2) is 23.7 Å². The van der Waals surface area contributed by atoms with E-state index in [1.165, 1.54) is 0 Å². The molecule has 0 saturated carbocycles. The molecule has 3 heterocycles. The fourth-order valence-corrected chi connectivity index (χ4v) is 2.56. The van der Waals surface area contributed by atoms with Crippen LogP contribution in [-0.2, 0) is 4.74 Å². The highest BCUT2D eigenvalue weighted by molar-refractivity contribution is 9.10. The first-order chi connectivity index (χ1) is 8.69. The molecule has 0 radical (unpaired) electrons. The van der Waals surface area contributed by atoms with Crippen LogP contribution < -0.4 is 5.32 Å². The molecule has 5 heteroatoms. The Labute approximate surface area is 113 Å². The number of pyridine rings is 1. The monoisotopic (exact) mass is 305 g/mol. The molecular weight excluding hydrogens is 294 g/mol. The molecular formula is C13H12BrN3O. The lowest BCUT2D eigenvalue weighted by atomic mass is 10.1. The van der Waals surface area contributed by atoms with E-state index < -0.39 is 0 Å². The summed E-state index contributed by atoms with van der Waals surface area (Å²) < 4.78 is 8.25. The van der Waals surface area contributed by atoms with Gasteiger partial charge in [0.15, 0.2) is 0 Å². The highest BCUT2D eigenvalue weighted by Gasteiger charge is 2.21. The van der Waals surface area contributed by atoms with Gasteiger partial charge in [-0.3, -0.25) is 0 Å². The summed E-state index contributed by atoms with van der Waals surface area (Å²) in [7, 11) is 0. The molecule has 0 amide bonds. The number of rotatable bonds is 2. The van der Waals surface area contributed by atoms with Crippen molar-refractivity contribution in [2.45, 2.75) is 13.0 Å². The second kappa shape index (κ2) is 4.30. The summed E-state index contributed by atoms with van der Waals surface area (Å²) >= 11 is 3.47. The summed E-state index contributed by atoms with van der Waals surface area (Å²) in [6, 6.07) is 6.49. The molecule has 1 N–H and O–H groups in total. The topological polar surface area (TPSA) is 49.5 Å². The number of aromatic nitrogens is 1. The molecule has 0 aliphatic carbocycles. The zero-order chi connectivity index (χ0) is 12.7. The van der Waals surface area contributed by atoms with Gasteiger partial charge in [0, 0.05) is 21.7 Å². The zero-order valence-electron chi connectivity index (χ0n) is 9.90. The third-order valence-electron chi connectivity index (χ3n) is 3.21. The van der Waals surface area contributed by atoms with Crippen LogP contribution in [0.1, 0.15) is 11.1 Å². The van der Waals surface area contributed by atoms with E-state index in [1.54, 1.807) is 0 Å². The maximum atomic E-state index is 9.19. The number of fused-ring (bicyclic) bond motifs is 1. The summed E-state index contributed by atoms with van der Waals surface area (Å²) in [6.45, 7) is 3.41. The lowest BCUT2D eigenvalue weighted by Gasteiger charge is -2.29. The third-order valence-corrected chi connectivity index (χ3v) is 3.64. The molecule has 0 bridgehead atoms. The van der Waals surface area contributed by atoms with Crippen LogP contribution >= 0.6 is 15.9 Å². The van der Waals surface area contributed by atoms with Crippen molar-refractivity contribution in [2.24, 2.45) is 0 Å². The first-order valence-corrected chi connectivity index (χ1v) is 6.54. The number of hydrogen-bond acceptors (Lipinski definition) is 3. The molecule has 1 aliphatic rings. The highest BCUT2D eigenvalue weighted by Crippen LogP contribution is 2.27. The van der Waals surface area contributed by atoms with E-state index in [-0.39, 0.29) is 0 Å². The Bertz CT molecular complexity index is 652. The zero-order valence-corrected chi connectivity index (χ0v) is 11.5. The standard InChI is InChI=1S/C13H12BrN3O/c1-8-9(4-15)2-12-3-10(14)5-17(12)13(8)16-11-6-18-7-11/h2-3,5,11,16H,6-7H2,1H3. The summed E-state index contributed by atoms with van der Waals surface area (Å²) in [5.41, 5.74) is 2.68. The van der Waals surface area contributed by atoms with Crippen molar-refractivity contribution in [2.75, 3.05) is 18.5 Å². The lowest BCUT2D eigenvalue weighted by molar-refractivity contribution is 0.0209. The minimum atomic E-state index is 0.335. The molecule has 0 aromatic carbocycles. The van der Waals surface area contributed by atoms with E-state index in [4.69, 9.17) is 4.74 Å². The number of nitrogens with one attached hydrogen (secondary N) is 1. The molecule has 3 rings (SSSR count). The Kier molecular flexibility index (Phi) is 2.77. The molecule has 92 valence electrons. The predicted octanol–water partition coefficient (Wildman–Crippen LogP) is 2.69. The Morgan fingerprint density at radius 3 is 2.89 bits per heavy atom. The average Bonchev–Trinajstić information content (AvgIpc) is 2.65. The van der Waals surface area contributed by atoms with E-state index in [9.17, 15) is 5.26 Å². The number of ether oxygens (including phenoxy) is 1. The highest BCUT2D eigenvalue weighted by atomic mass is 79.9. The normalized spacial score (nSPS) is 15.4. The summed E-state index contributed by atoms with van der Waals surface area (Å²) in [6.07, 6.45) is 2.01. The molecule has 2 aromatic heterocycles. The van der Waals surface area contributed by atoms with Gasteiger partial charge in [-0.25, -0.2) is 0 Å². The minimum absolute atomic E-state index is 0.335. The van der Waals surface area contributed by atoms with Crippen molar-refractivity contribution in [1.29, 1.82) is 5.26 Å². The fourth-order valence-electron chi connectivity index (χ4n) is 2.12. The summed E-state index contributed by atoms with van der Waals surface area (Å²) in [4.78, 5) is 0. The van der Waals surface area contributed by atoms with Crippen molar-refractivity contribution in [3.63, 3.8) is 0 Å². The smallest absolute Gasteiger partial charge is 0.115 e. The molecule has 1 fully saturated rings. The van der Waals surface area contributed by atoms with Crippen LogP contribution in [0.3, 0.4) is 0 Å². The first-order valence-electron chi connectivity index (χ1n) is 5.74. The molecule has 1 saturated heterocycles. The van der Waals surface area contributed by atoms with Crippen molar-refractivity contribution >= 4 is 27.3 Å². The van der Waals surface area contributed by atoms with Crippen molar-refractivity contribution in [1.82, 2.24) is 4.40 Å². The second-order valence-electron chi connectivity index (χ2n) is 4.48. The number of anilines is 1. The van der Waals surface area contributed by atoms with Gasteiger partial charge in [0.1, 0.15) is 5.82 Å². The van der Waals surface area contributed by atoms with Crippen LogP contribution in [0.15, 0.2) is 22.8 Å². The van der Waals surface area contributed by atoms with Crippen molar-refractivity contribution in [3.05, 3.63) is 33.9 Å². The minimum Gasteiger partial charge on any atom is -0.377 e. The maximum absolute atomic E-state index is 9.19. The van der Waals surface area contributed by atoms with E-state index >= 15 is 0 Å². The molecule has 0 atom stereocenters. The van der Waals surface area contributed by atoms with Gasteiger partial charge < -0.3 is 14.5 Å². The van der Waals surface area contributed by atoms with Crippen LogP contribution in [0.4, 0.5) is 5.82 Å². The van der Waals surface area contributed by atoms with Crippen LogP contribution in [0.25, 0.3) is 5.52 Å². The van der Waals surface area contributed by atoms with Crippen LogP contribution in [0, 0.1) is 18.3 Å². The third kappa shape index (κ3) is 1.78. The Hall–Kier alpha value is -1.51. The molecule has 4 nitrogen and oxygen atoms in total. The number of nitriles is 1. The van der Waals surface area contributed by atoms with Gasteiger partial charge in [-0.2, -0.15) is 5.26 Å². The van der Waals surface area contributed by atoms with E-state index in [0.29, 0.717) is 11.6 Å².